The van der Waals surface area contributed by atoms with Crippen molar-refractivity contribution in [2.75, 3.05) is 42.6 Å². The number of fused-ring (bicyclic) bond motifs is 1. The first-order valence-corrected chi connectivity index (χ1v) is 8.62. The molecule has 26 heavy (non-hydrogen) atoms. The van der Waals surface area contributed by atoms with Gasteiger partial charge in [0, 0.05) is 44.3 Å². The Morgan fingerprint density at radius 2 is 1.85 bits per heavy atom. The van der Waals surface area contributed by atoms with Gasteiger partial charge in [-0.3, -0.25) is 14.3 Å². The van der Waals surface area contributed by atoms with Crippen LogP contribution in [0.5, 0.6) is 0 Å². The molecule has 0 unspecified atom stereocenters. The van der Waals surface area contributed by atoms with Crippen molar-refractivity contribution in [1.29, 1.82) is 0 Å². The van der Waals surface area contributed by atoms with E-state index in [1.165, 1.54) is 10.9 Å². The van der Waals surface area contributed by atoms with E-state index in [0.717, 1.165) is 37.7 Å². The van der Waals surface area contributed by atoms with Crippen molar-refractivity contribution in [1.82, 2.24) is 19.5 Å². The molecule has 0 radical (unpaired) electrons. The molecule has 0 amide bonds. The molecular formula is C18H20N6O2. The van der Waals surface area contributed by atoms with Crippen molar-refractivity contribution < 1.29 is 5.11 Å². The van der Waals surface area contributed by atoms with Crippen LogP contribution in [-0.4, -0.2) is 57.4 Å². The zero-order valence-electron chi connectivity index (χ0n) is 14.3. The van der Waals surface area contributed by atoms with Crippen molar-refractivity contribution >= 4 is 22.4 Å². The maximum absolute atomic E-state index is 12.4. The summed E-state index contributed by atoms with van der Waals surface area (Å²) in [4.78, 5) is 29.7. The van der Waals surface area contributed by atoms with Gasteiger partial charge < -0.3 is 14.9 Å². The van der Waals surface area contributed by atoms with Gasteiger partial charge >= 0.3 is 0 Å². The van der Waals surface area contributed by atoms with E-state index >= 15 is 0 Å². The number of rotatable bonds is 4. The fourth-order valence-corrected chi connectivity index (χ4v) is 3.26. The zero-order chi connectivity index (χ0) is 17.9. The zero-order valence-corrected chi connectivity index (χ0v) is 14.3. The Morgan fingerprint density at radius 1 is 1.04 bits per heavy atom. The summed E-state index contributed by atoms with van der Waals surface area (Å²) < 4.78 is 1.43. The van der Waals surface area contributed by atoms with Crippen LogP contribution in [0.4, 0.5) is 11.5 Å². The standard InChI is InChI=1S/C18H20N6O2/c25-10-9-24-13-21-16-11-14(1-2-15(16)18(24)26)22-5-7-23(8-6-22)17-12-19-3-4-20-17/h1-4,11-13,25H,5-10H2. The summed E-state index contributed by atoms with van der Waals surface area (Å²) in [6.45, 7) is 3.63. The van der Waals surface area contributed by atoms with Crippen LogP contribution < -0.4 is 15.4 Å². The van der Waals surface area contributed by atoms with E-state index in [9.17, 15) is 4.79 Å². The molecule has 1 aliphatic heterocycles. The minimum atomic E-state index is -0.122. The number of hydrogen-bond acceptors (Lipinski definition) is 7. The highest BCUT2D eigenvalue weighted by atomic mass is 16.3. The fourth-order valence-electron chi connectivity index (χ4n) is 3.26. The summed E-state index contributed by atoms with van der Waals surface area (Å²) in [5.41, 5.74) is 1.62. The Labute approximate surface area is 150 Å². The van der Waals surface area contributed by atoms with Gasteiger partial charge in [-0.15, -0.1) is 0 Å². The number of aliphatic hydroxyl groups is 1. The molecule has 2 aromatic heterocycles. The predicted octanol–water partition coefficient (Wildman–Crippen LogP) is 0.505. The van der Waals surface area contributed by atoms with E-state index in [1.807, 2.05) is 18.2 Å². The molecular weight excluding hydrogens is 332 g/mol. The van der Waals surface area contributed by atoms with Gasteiger partial charge in [-0.25, -0.2) is 9.97 Å². The minimum Gasteiger partial charge on any atom is -0.395 e. The Morgan fingerprint density at radius 3 is 2.58 bits per heavy atom. The molecule has 8 nitrogen and oxygen atoms in total. The second-order valence-electron chi connectivity index (χ2n) is 6.21. The van der Waals surface area contributed by atoms with E-state index < -0.39 is 0 Å². The number of benzene rings is 1. The Balaban J connectivity index is 1.53. The molecule has 134 valence electrons. The quantitative estimate of drug-likeness (QED) is 0.732. The number of hydrogen-bond donors (Lipinski definition) is 1. The van der Waals surface area contributed by atoms with Crippen LogP contribution in [0.2, 0.25) is 0 Å². The number of piperazine rings is 1. The van der Waals surface area contributed by atoms with Crippen molar-refractivity contribution in [2.45, 2.75) is 6.54 Å². The molecule has 0 bridgehead atoms. The number of aromatic nitrogens is 4. The normalized spacial score (nSPS) is 14.8. The lowest BCUT2D eigenvalue weighted by atomic mass is 10.2. The molecule has 0 aliphatic carbocycles. The number of nitrogens with zero attached hydrogens (tertiary/aromatic N) is 6. The van der Waals surface area contributed by atoms with Gasteiger partial charge in [0.15, 0.2) is 0 Å². The van der Waals surface area contributed by atoms with Crippen LogP contribution in [0.3, 0.4) is 0 Å². The van der Waals surface area contributed by atoms with Gasteiger partial charge in [0.2, 0.25) is 0 Å². The summed E-state index contributed by atoms with van der Waals surface area (Å²) in [7, 11) is 0. The number of aliphatic hydroxyl groups excluding tert-OH is 1. The molecule has 1 saturated heterocycles. The van der Waals surface area contributed by atoms with Crippen molar-refractivity contribution in [2.24, 2.45) is 0 Å². The maximum atomic E-state index is 12.4. The third kappa shape index (κ3) is 3.11. The predicted molar refractivity (Wildman–Crippen MR) is 99.5 cm³/mol. The van der Waals surface area contributed by atoms with E-state index in [4.69, 9.17) is 5.11 Å². The highest BCUT2D eigenvalue weighted by Crippen LogP contribution is 2.21. The summed E-state index contributed by atoms with van der Waals surface area (Å²) in [5.74, 6) is 0.900. The van der Waals surface area contributed by atoms with E-state index in [1.54, 1.807) is 18.6 Å². The van der Waals surface area contributed by atoms with Gasteiger partial charge in [0.05, 0.1) is 36.6 Å². The molecule has 0 atom stereocenters. The van der Waals surface area contributed by atoms with Crippen LogP contribution in [0, 0.1) is 0 Å². The third-order valence-electron chi connectivity index (χ3n) is 4.67. The summed E-state index contributed by atoms with van der Waals surface area (Å²) >= 11 is 0. The van der Waals surface area contributed by atoms with Gasteiger partial charge in [-0.1, -0.05) is 0 Å². The topological polar surface area (TPSA) is 87.4 Å². The first-order chi connectivity index (χ1) is 12.8. The van der Waals surface area contributed by atoms with Crippen molar-refractivity contribution in [3.8, 4) is 0 Å². The van der Waals surface area contributed by atoms with Crippen molar-refractivity contribution in [3.05, 3.63) is 53.5 Å². The van der Waals surface area contributed by atoms with Gasteiger partial charge in [0.1, 0.15) is 5.82 Å². The smallest absolute Gasteiger partial charge is 0.261 e. The minimum absolute atomic E-state index is 0.0821. The monoisotopic (exact) mass is 352 g/mol. The van der Waals surface area contributed by atoms with Gasteiger partial charge in [-0.05, 0) is 18.2 Å². The second kappa shape index (κ2) is 7.09. The molecule has 1 N–H and O–H groups in total. The van der Waals surface area contributed by atoms with Crippen LogP contribution >= 0.6 is 0 Å². The Kier molecular flexibility index (Phi) is 4.49. The average molecular weight is 352 g/mol. The highest BCUT2D eigenvalue weighted by molar-refractivity contribution is 5.81. The summed E-state index contributed by atoms with van der Waals surface area (Å²) in [6.07, 6.45) is 6.67. The van der Waals surface area contributed by atoms with E-state index in [2.05, 4.69) is 24.8 Å². The van der Waals surface area contributed by atoms with E-state index in [-0.39, 0.29) is 18.7 Å². The molecule has 3 heterocycles. The van der Waals surface area contributed by atoms with Crippen LogP contribution in [0.1, 0.15) is 0 Å². The molecule has 8 heteroatoms. The maximum Gasteiger partial charge on any atom is 0.261 e. The van der Waals surface area contributed by atoms with E-state index in [0.29, 0.717) is 10.9 Å². The van der Waals surface area contributed by atoms with Crippen LogP contribution in [0.15, 0.2) is 47.9 Å². The molecule has 1 aromatic carbocycles. The lowest BCUT2D eigenvalue weighted by molar-refractivity contribution is 0.274. The van der Waals surface area contributed by atoms with Gasteiger partial charge in [-0.2, -0.15) is 0 Å². The lowest BCUT2D eigenvalue weighted by Gasteiger charge is -2.36. The van der Waals surface area contributed by atoms with Crippen molar-refractivity contribution in [3.63, 3.8) is 0 Å². The van der Waals surface area contributed by atoms with Crippen LogP contribution in [0.25, 0.3) is 10.9 Å². The van der Waals surface area contributed by atoms with Crippen LogP contribution in [-0.2, 0) is 6.54 Å². The summed E-state index contributed by atoms with van der Waals surface area (Å²) in [5, 5.41) is 9.60. The SMILES string of the molecule is O=c1c2ccc(N3CCN(c4cnccn4)CC3)cc2ncn1CCO. The third-order valence-corrected chi connectivity index (χ3v) is 4.67. The highest BCUT2D eigenvalue weighted by Gasteiger charge is 2.19. The summed E-state index contributed by atoms with van der Waals surface area (Å²) in [6, 6.07) is 5.74. The average Bonchev–Trinajstić information content (AvgIpc) is 2.71. The molecule has 4 rings (SSSR count). The molecule has 0 saturated carbocycles. The first kappa shape index (κ1) is 16.5. The second-order valence-corrected chi connectivity index (χ2v) is 6.21. The Bertz CT molecular complexity index is 951. The molecule has 1 aliphatic rings. The number of anilines is 2. The fraction of sp³-hybridized carbons (Fsp3) is 0.333. The first-order valence-electron chi connectivity index (χ1n) is 8.62. The largest absolute Gasteiger partial charge is 0.395 e. The molecule has 3 aromatic rings. The molecule has 0 spiro atoms. The molecule has 1 fully saturated rings. The van der Waals surface area contributed by atoms with Gasteiger partial charge in [0.25, 0.3) is 5.56 Å². The lowest BCUT2D eigenvalue weighted by Crippen LogP contribution is -2.46. The Hall–Kier alpha value is -3.00.